The van der Waals surface area contributed by atoms with Crippen LogP contribution in [0.1, 0.15) is 17.3 Å². The van der Waals surface area contributed by atoms with E-state index in [0.717, 1.165) is 0 Å². The fraction of sp³-hybridized carbons (Fsp3) is 0.278. The number of hydrogen-bond donors (Lipinski definition) is 2. The minimum atomic E-state index is -3.92. The van der Waals surface area contributed by atoms with Crippen LogP contribution in [0.25, 0.3) is 0 Å². The summed E-state index contributed by atoms with van der Waals surface area (Å²) in [4.78, 5) is 12.1. The Morgan fingerprint density at radius 2 is 1.85 bits per heavy atom. The number of nitrogens with one attached hydrogen (secondary N) is 2. The van der Waals surface area contributed by atoms with Crippen molar-refractivity contribution in [1.82, 2.24) is 5.32 Å². The number of hydrogen-bond acceptors (Lipinski definition) is 6. The lowest BCUT2D eigenvalue weighted by atomic mass is 10.2. The minimum absolute atomic E-state index is 0.0561. The summed E-state index contributed by atoms with van der Waals surface area (Å²) in [5.74, 6) is 0.913. The van der Waals surface area contributed by atoms with Crippen molar-refractivity contribution in [3.8, 4) is 17.2 Å². The van der Waals surface area contributed by atoms with E-state index in [1.165, 1.54) is 25.3 Å². The van der Waals surface area contributed by atoms with E-state index >= 15 is 0 Å². The molecule has 3 rings (SSSR count). The average Bonchev–Trinajstić information content (AvgIpc) is 2.67. The third-order valence-electron chi connectivity index (χ3n) is 3.86. The number of carbonyl (C=O) groups excluding carboxylic acids is 1. The van der Waals surface area contributed by atoms with E-state index in [-0.39, 0.29) is 10.5 Å². The first-order valence-electron chi connectivity index (χ1n) is 8.33. The van der Waals surface area contributed by atoms with Crippen LogP contribution in [-0.2, 0) is 10.0 Å². The zero-order valence-corrected chi connectivity index (χ0v) is 15.8. The smallest absolute Gasteiger partial charge is 0.261 e. The van der Waals surface area contributed by atoms with Gasteiger partial charge in [-0.2, -0.15) is 0 Å². The molecule has 0 aliphatic carbocycles. The van der Waals surface area contributed by atoms with Gasteiger partial charge in [0.05, 0.1) is 23.3 Å². The molecule has 0 saturated carbocycles. The number of carbonyl (C=O) groups is 1. The Labute approximate surface area is 157 Å². The standard InChI is InChI=1S/C18H20N2O6S/c1-3-19-18(21)14-11-13(5-7-15(14)24-2)27(22,23)20-12-4-6-16-17(10-12)26-9-8-25-16/h4-7,10-11,20H,3,8-9H2,1-2H3,(H,19,21). The maximum atomic E-state index is 12.7. The number of methoxy groups -OCH3 is 1. The molecule has 8 nitrogen and oxygen atoms in total. The van der Waals surface area contributed by atoms with Crippen LogP contribution in [0.15, 0.2) is 41.3 Å². The average molecular weight is 392 g/mol. The lowest BCUT2D eigenvalue weighted by Gasteiger charge is -2.19. The molecule has 0 saturated heterocycles. The summed E-state index contributed by atoms with van der Waals surface area (Å²) in [7, 11) is -2.50. The molecule has 1 amide bonds. The van der Waals surface area contributed by atoms with Gasteiger partial charge >= 0.3 is 0 Å². The Morgan fingerprint density at radius 1 is 1.11 bits per heavy atom. The molecule has 0 aromatic heterocycles. The van der Waals surface area contributed by atoms with Crippen LogP contribution in [0, 0.1) is 0 Å². The first-order chi connectivity index (χ1) is 12.9. The van der Waals surface area contributed by atoms with Crippen LogP contribution in [0.5, 0.6) is 17.2 Å². The first kappa shape index (κ1) is 18.8. The number of sulfonamides is 1. The summed E-state index contributed by atoms with van der Waals surface area (Å²) in [6, 6.07) is 8.88. The number of fused-ring (bicyclic) bond motifs is 1. The summed E-state index contributed by atoms with van der Waals surface area (Å²) in [5, 5.41) is 2.63. The maximum absolute atomic E-state index is 12.7. The summed E-state index contributed by atoms with van der Waals surface area (Å²) >= 11 is 0. The van der Waals surface area contributed by atoms with Crippen molar-refractivity contribution >= 4 is 21.6 Å². The molecular weight excluding hydrogens is 372 g/mol. The molecule has 1 aliphatic heterocycles. The highest BCUT2D eigenvalue weighted by molar-refractivity contribution is 7.92. The molecule has 1 heterocycles. The van der Waals surface area contributed by atoms with E-state index < -0.39 is 15.9 Å². The topological polar surface area (TPSA) is 103 Å². The van der Waals surface area contributed by atoms with Crippen LogP contribution in [0.3, 0.4) is 0 Å². The Bertz CT molecular complexity index is 958. The number of rotatable bonds is 6. The Balaban J connectivity index is 1.90. The van der Waals surface area contributed by atoms with E-state index in [1.54, 1.807) is 25.1 Å². The second-order valence-corrected chi connectivity index (χ2v) is 7.37. The molecule has 0 unspecified atom stereocenters. The van der Waals surface area contributed by atoms with Crippen LogP contribution >= 0.6 is 0 Å². The normalized spacial score (nSPS) is 13.0. The molecule has 2 N–H and O–H groups in total. The van der Waals surface area contributed by atoms with Gasteiger partial charge in [0.2, 0.25) is 0 Å². The fourth-order valence-corrected chi connectivity index (χ4v) is 3.68. The van der Waals surface area contributed by atoms with Gasteiger partial charge < -0.3 is 19.5 Å². The largest absolute Gasteiger partial charge is 0.496 e. The molecule has 0 spiro atoms. The van der Waals surface area contributed by atoms with E-state index in [9.17, 15) is 13.2 Å². The molecule has 144 valence electrons. The molecule has 9 heteroatoms. The Hall–Kier alpha value is -2.94. The second kappa shape index (κ2) is 7.75. The number of ether oxygens (including phenoxy) is 3. The molecule has 0 radical (unpaired) electrons. The fourth-order valence-electron chi connectivity index (χ4n) is 2.61. The molecule has 2 aromatic carbocycles. The molecule has 2 aromatic rings. The summed E-state index contributed by atoms with van der Waals surface area (Å²) < 4.78 is 44.0. The van der Waals surface area contributed by atoms with Crippen molar-refractivity contribution in [2.24, 2.45) is 0 Å². The van der Waals surface area contributed by atoms with E-state index in [1.807, 2.05) is 0 Å². The lowest BCUT2D eigenvalue weighted by Crippen LogP contribution is -2.24. The van der Waals surface area contributed by atoms with Crippen molar-refractivity contribution in [2.45, 2.75) is 11.8 Å². The van der Waals surface area contributed by atoms with Crippen LogP contribution in [-0.4, -0.2) is 41.2 Å². The zero-order valence-electron chi connectivity index (χ0n) is 14.9. The molecular formula is C18H20N2O6S. The highest BCUT2D eigenvalue weighted by atomic mass is 32.2. The van der Waals surface area contributed by atoms with Gasteiger partial charge in [0.1, 0.15) is 19.0 Å². The van der Waals surface area contributed by atoms with Crippen molar-refractivity contribution in [3.05, 3.63) is 42.0 Å². The third kappa shape index (κ3) is 4.08. The van der Waals surface area contributed by atoms with Gasteiger partial charge in [-0.25, -0.2) is 8.42 Å². The first-order valence-corrected chi connectivity index (χ1v) is 9.81. The van der Waals surface area contributed by atoms with Crippen LogP contribution < -0.4 is 24.2 Å². The van der Waals surface area contributed by atoms with Crippen molar-refractivity contribution in [1.29, 1.82) is 0 Å². The summed E-state index contributed by atoms with van der Waals surface area (Å²) in [5.41, 5.74) is 0.471. The van der Waals surface area contributed by atoms with Gasteiger partial charge in [-0.05, 0) is 37.3 Å². The monoisotopic (exact) mass is 392 g/mol. The van der Waals surface area contributed by atoms with Gasteiger partial charge in [0, 0.05) is 12.6 Å². The van der Waals surface area contributed by atoms with Gasteiger partial charge in [-0.15, -0.1) is 0 Å². The third-order valence-corrected chi connectivity index (χ3v) is 5.24. The molecule has 27 heavy (non-hydrogen) atoms. The van der Waals surface area contributed by atoms with Crippen LogP contribution in [0.2, 0.25) is 0 Å². The van der Waals surface area contributed by atoms with E-state index in [4.69, 9.17) is 14.2 Å². The van der Waals surface area contributed by atoms with E-state index in [0.29, 0.717) is 42.7 Å². The molecule has 0 bridgehead atoms. The van der Waals surface area contributed by atoms with Gasteiger partial charge in [-0.1, -0.05) is 0 Å². The van der Waals surface area contributed by atoms with Crippen molar-refractivity contribution < 1.29 is 27.4 Å². The minimum Gasteiger partial charge on any atom is -0.496 e. The Morgan fingerprint density at radius 3 is 2.56 bits per heavy atom. The number of anilines is 1. The lowest BCUT2D eigenvalue weighted by molar-refractivity contribution is 0.0952. The van der Waals surface area contributed by atoms with Gasteiger partial charge in [0.15, 0.2) is 11.5 Å². The van der Waals surface area contributed by atoms with Gasteiger partial charge in [0.25, 0.3) is 15.9 Å². The molecule has 0 atom stereocenters. The highest BCUT2D eigenvalue weighted by Gasteiger charge is 2.21. The van der Waals surface area contributed by atoms with Crippen LogP contribution in [0.4, 0.5) is 5.69 Å². The predicted octanol–water partition coefficient (Wildman–Crippen LogP) is 2.02. The zero-order chi connectivity index (χ0) is 19.4. The number of amides is 1. The predicted molar refractivity (Wildman–Crippen MR) is 99.2 cm³/mol. The SMILES string of the molecule is CCNC(=O)c1cc(S(=O)(=O)Nc2ccc3c(c2)OCCO3)ccc1OC. The molecule has 0 fully saturated rings. The highest BCUT2D eigenvalue weighted by Crippen LogP contribution is 2.33. The van der Waals surface area contributed by atoms with E-state index in [2.05, 4.69) is 10.0 Å². The molecule has 1 aliphatic rings. The summed E-state index contributed by atoms with van der Waals surface area (Å²) in [6.07, 6.45) is 0. The maximum Gasteiger partial charge on any atom is 0.261 e. The quantitative estimate of drug-likeness (QED) is 0.780. The Kier molecular flexibility index (Phi) is 5.41. The van der Waals surface area contributed by atoms with Crippen molar-refractivity contribution in [2.75, 3.05) is 31.6 Å². The van der Waals surface area contributed by atoms with Crippen molar-refractivity contribution in [3.63, 3.8) is 0 Å². The second-order valence-electron chi connectivity index (χ2n) is 5.69. The summed E-state index contributed by atoms with van der Waals surface area (Å²) in [6.45, 7) is 3.03. The number of benzene rings is 2. The van der Waals surface area contributed by atoms with Gasteiger partial charge in [-0.3, -0.25) is 9.52 Å².